The first-order valence-corrected chi connectivity index (χ1v) is 10.8. The van der Waals surface area contributed by atoms with E-state index in [2.05, 4.69) is 21.7 Å². The second-order valence-electron chi connectivity index (χ2n) is 8.89. The van der Waals surface area contributed by atoms with Crippen molar-refractivity contribution in [1.29, 1.82) is 0 Å². The van der Waals surface area contributed by atoms with Crippen molar-refractivity contribution in [2.45, 2.75) is 63.7 Å². The molecule has 7 nitrogen and oxygen atoms in total. The number of carbonyl (C=O) groups excluding carboxylic acids is 2. The summed E-state index contributed by atoms with van der Waals surface area (Å²) in [4.78, 5) is 27.1. The molecule has 2 fully saturated rings. The van der Waals surface area contributed by atoms with Gasteiger partial charge in [-0.05, 0) is 41.9 Å². The van der Waals surface area contributed by atoms with Gasteiger partial charge in [0.1, 0.15) is 18.0 Å². The fraction of sp³-hybridized carbons (Fsp3) is 0.545. The highest BCUT2D eigenvalue weighted by Gasteiger charge is 2.42. The smallest absolute Gasteiger partial charge is 0.243 e. The average Bonchev–Trinajstić information content (AvgIpc) is 3.28. The zero-order valence-corrected chi connectivity index (χ0v) is 17.8. The van der Waals surface area contributed by atoms with Gasteiger partial charge in [0.2, 0.25) is 11.8 Å². The second kappa shape index (κ2) is 8.82. The van der Waals surface area contributed by atoms with Crippen molar-refractivity contribution in [3.63, 3.8) is 0 Å². The van der Waals surface area contributed by atoms with Crippen molar-refractivity contribution in [2.24, 2.45) is 5.92 Å². The predicted molar refractivity (Wildman–Crippen MR) is 111 cm³/mol. The van der Waals surface area contributed by atoms with Crippen LogP contribution < -0.4 is 21.7 Å². The molecule has 0 aromatic heterocycles. The summed E-state index contributed by atoms with van der Waals surface area (Å²) in [5, 5.41) is 2.99. The minimum atomic E-state index is -1.25. The largest absolute Gasteiger partial charge is 0.347 e. The van der Waals surface area contributed by atoms with E-state index >= 15 is 0 Å². The molecule has 3 atom stereocenters. The summed E-state index contributed by atoms with van der Waals surface area (Å²) in [5.41, 5.74) is 10.1. The van der Waals surface area contributed by atoms with Gasteiger partial charge >= 0.3 is 0 Å². The Balaban J connectivity index is 1.47. The number of likely N-dealkylation sites (tertiary alicyclic amines) is 1. The van der Waals surface area contributed by atoms with Crippen molar-refractivity contribution in [2.75, 3.05) is 6.54 Å². The fourth-order valence-corrected chi connectivity index (χ4v) is 4.30. The van der Waals surface area contributed by atoms with Crippen LogP contribution in [-0.4, -0.2) is 35.5 Å². The van der Waals surface area contributed by atoms with Crippen LogP contribution in [0.2, 0.25) is 0 Å². The number of hydrogen-bond acceptors (Lipinski definition) is 5. The number of nitrogens with one attached hydrogen (secondary N) is 4. The molecule has 1 aliphatic carbocycles. The molecule has 2 heterocycles. The van der Waals surface area contributed by atoms with Gasteiger partial charge in [0.25, 0.3) is 0 Å². The summed E-state index contributed by atoms with van der Waals surface area (Å²) in [5.74, 6) is -0.695. The molecule has 31 heavy (non-hydrogen) atoms. The number of benzene rings is 1. The molecule has 4 rings (SSSR count). The van der Waals surface area contributed by atoms with Crippen LogP contribution in [0, 0.1) is 11.7 Å². The van der Waals surface area contributed by atoms with Gasteiger partial charge in [0, 0.05) is 12.6 Å². The first-order chi connectivity index (χ1) is 14.8. The molecule has 1 aromatic carbocycles. The molecule has 2 amide bonds. The minimum Gasteiger partial charge on any atom is -0.347 e. The van der Waals surface area contributed by atoms with Crippen LogP contribution in [0.15, 0.2) is 30.1 Å². The molecule has 0 radical (unpaired) electrons. The molecule has 0 spiro atoms. The average molecular weight is 434 g/mol. The standard InChI is InChI=1S/C22H29F2N5O2/c1-12(2)17-6-5-14(7-18(17)24)21(13-3-4-13)26-22(31)19-8-15(23)11-29(19)20(30)9-16-10-25-28-27-16/h5-7,10,12-13,15,19,21,25,27-28H,3-4,8-9,11H2,1-2H3,(H,26,31)/t15-,19+,21?/m1/s1. The topological polar surface area (TPSA) is 85.5 Å². The SMILES string of the molecule is CC(C)c1ccc(C(NC(=O)[C@@H]2C[C@@H](F)CN2C(=O)CC2=CNNN2)C2CC2)cc1F. The Morgan fingerprint density at radius 2 is 2.06 bits per heavy atom. The van der Waals surface area contributed by atoms with Gasteiger partial charge in [-0.15, -0.1) is 0 Å². The number of amides is 2. The maximum Gasteiger partial charge on any atom is 0.243 e. The Morgan fingerprint density at radius 3 is 2.68 bits per heavy atom. The number of nitrogens with zero attached hydrogens (tertiary/aromatic N) is 1. The highest BCUT2D eigenvalue weighted by molar-refractivity contribution is 5.89. The van der Waals surface area contributed by atoms with Crippen LogP contribution in [0.1, 0.15) is 62.6 Å². The first-order valence-electron chi connectivity index (χ1n) is 10.8. The molecule has 1 saturated carbocycles. The first kappa shape index (κ1) is 21.5. The van der Waals surface area contributed by atoms with E-state index in [0.717, 1.165) is 12.8 Å². The molecule has 3 aliphatic rings. The van der Waals surface area contributed by atoms with Gasteiger partial charge in [0.15, 0.2) is 0 Å². The monoisotopic (exact) mass is 433 g/mol. The van der Waals surface area contributed by atoms with Crippen molar-refractivity contribution in [3.8, 4) is 0 Å². The second-order valence-corrected chi connectivity index (χ2v) is 8.89. The molecule has 2 aliphatic heterocycles. The lowest BCUT2D eigenvalue weighted by molar-refractivity contribution is -0.138. The lowest BCUT2D eigenvalue weighted by Gasteiger charge is -2.27. The van der Waals surface area contributed by atoms with Crippen molar-refractivity contribution in [3.05, 3.63) is 47.0 Å². The number of halogens is 2. The van der Waals surface area contributed by atoms with Gasteiger partial charge in [-0.1, -0.05) is 26.0 Å². The highest BCUT2D eigenvalue weighted by atomic mass is 19.1. The van der Waals surface area contributed by atoms with E-state index in [-0.39, 0.29) is 54.9 Å². The molecule has 1 aromatic rings. The van der Waals surface area contributed by atoms with E-state index in [4.69, 9.17) is 0 Å². The summed E-state index contributed by atoms with van der Waals surface area (Å²) in [6, 6.07) is 3.91. The molecule has 1 saturated heterocycles. The third-order valence-corrected chi connectivity index (χ3v) is 6.15. The fourth-order valence-electron chi connectivity index (χ4n) is 4.30. The molecular formula is C22H29F2N5O2. The molecule has 9 heteroatoms. The number of alkyl halides is 1. The summed E-state index contributed by atoms with van der Waals surface area (Å²) in [6.07, 6.45) is 2.25. The van der Waals surface area contributed by atoms with E-state index in [1.54, 1.807) is 12.3 Å². The predicted octanol–water partition coefficient (Wildman–Crippen LogP) is 2.30. The normalized spacial score (nSPS) is 23.9. The Morgan fingerprint density at radius 1 is 1.29 bits per heavy atom. The van der Waals surface area contributed by atoms with Crippen LogP contribution in [0.4, 0.5) is 8.78 Å². The van der Waals surface area contributed by atoms with Gasteiger partial charge in [-0.25, -0.2) is 8.78 Å². The van der Waals surface area contributed by atoms with Crippen molar-refractivity contribution < 1.29 is 18.4 Å². The summed E-state index contributed by atoms with van der Waals surface area (Å²) < 4.78 is 28.7. The Hall–Kier alpha value is -2.68. The number of hydrazine groups is 2. The Labute approximate surface area is 180 Å². The van der Waals surface area contributed by atoms with Crippen LogP contribution in [0.25, 0.3) is 0 Å². The Kier molecular flexibility index (Phi) is 6.13. The Bertz CT molecular complexity index is 887. The van der Waals surface area contributed by atoms with E-state index in [9.17, 15) is 18.4 Å². The van der Waals surface area contributed by atoms with E-state index < -0.39 is 12.2 Å². The molecule has 168 valence electrons. The van der Waals surface area contributed by atoms with Gasteiger partial charge in [-0.2, -0.15) is 5.53 Å². The highest BCUT2D eigenvalue weighted by Crippen LogP contribution is 2.42. The quantitative estimate of drug-likeness (QED) is 0.530. The van der Waals surface area contributed by atoms with E-state index in [0.29, 0.717) is 16.8 Å². The number of rotatable bonds is 7. The van der Waals surface area contributed by atoms with Crippen LogP contribution in [0.5, 0.6) is 0 Å². The molecule has 0 bridgehead atoms. The third-order valence-electron chi connectivity index (χ3n) is 6.15. The maximum atomic E-state index is 14.6. The van der Waals surface area contributed by atoms with Gasteiger partial charge in [-0.3, -0.25) is 9.59 Å². The number of hydrogen-bond donors (Lipinski definition) is 4. The van der Waals surface area contributed by atoms with E-state index in [1.807, 2.05) is 19.9 Å². The molecule has 4 N–H and O–H groups in total. The maximum absolute atomic E-state index is 14.6. The van der Waals surface area contributed by atoms with Crippen LogP contribution >= 0.6 is 0 Å². The van der Waals surface area contributed by atoms with Crippen LogP contribution in [0.3, 0.4) is 0 Å². The van der Waals surface area contributed by atoms with Gasteiger partial charge < -0.3 is 21.1 Å². The molecular weight excluding hydrogens is 404 g/mol. The van der Waals surface area contributed by atoms with Crippen molar-refractivity contribution in [1.82, 2.24) is 26.6 Å². The lowest BCUT2D eigenvalue weighted by Crippen LogP contribution is -2.47. The zero-order valence-electron chi connectivity index (χ0n) is 17.8. The number of carbonyl (C=O) groups is 2. The summed E-state index contributed by atoms with van der Waals surface area (Å²) in [7, 11) is 0. The molecule has 1 unspecified atom stereocenters. The van der Waals surface area contributed by atoms with Crippen molar-refractivity contribution >= 4 is 11.8 Å². The minimum absolute atomic E-state index is 0.0292. The zero-order chi connectivity index (χ0) is 22.1. The summed E-state index contributed by atoms with van der Waals surface area (Å²) in [6.45, 7) is 3.76. The van der Waals surface area contributed by atoms with Gasteiger partial charge in [0.05, 0.1) is 24.7 Å². The van der Waals surface area contributed by atoms with E-state index in [1.165, 1.54) is 11.0 Å². The summed E-state index contributed by atoms with van der Waals surface area (Å²) >= 11 is 0. The third kappa shape index (κ3) is 4.81. The lowest BCUT2D eigenvalue weighted by atomic mass is 9.96. The van der Waals surface area contributed by atoms with Crippen LogP contribution in [-0.2, 0) is 9.59 Å².